The molecule has 4 heterocycles. The summed E-state index contributed by atoms with van der Waals surface area (Å²) in [6, 6.07) is 7.53. The van der Waals surface area contributed by atoms with Gasteiger partial charge in [0.25, 0.3) is 0 Å². The lowest BCUT2D eigenvalue weighted by atomic mass is 10.2. The van der Waals surface area contributed by atoms with Gasteiger partial charge in [-0.3, -0.25) is 14.7 Å². The number of pyridine rings is 2. The van der Waals surface area contributed by atoms with Gasteiger partial charge in [0, 0.05) is 49.7 Å². The van der Waals surface area contributed by atoms with Crippen molar-refractivity contribution in [1.29, 1.82) is 0 Å². The first-order chi connectivity index (χ1) is 15.1. The van der Waals surface area contributed by atoms with Gasteiger partial charge in [-0.25, -0.2) is 4.79 Å². The lowest BCUT2D eigenvalue weighted by molar-refractivity contribution is -0.120. The van der Waals surface area contributed by atoms with Gasteiger partial charge < -0.3 is 18.9 Å². The molecule has 31 heavy (non-hydrogen) atoms. The molecular weight excluding hydrogens is 398 g/mol. The van der Waals surface area contributed by atoms with Crippen LogP contribution in [0, 0.1) is 0 Å². The summed E-state index contributed by atoms with van der Waals surface area (Å²) in [5, 5.41) is 0.871. The fourth-order valence-electron chi connectivity index (χ4n) is 3.60. The number of aryl methyl sites for hydroxylation is 1. The van der Waals surface area contributed by atoms with Gasteiger partial charge in [-0.1, -0.05) is 0 Å². The number of carbonyl (C=O) groups excluding carboxylic acids is 2. The molecule has 3 aromatic heterocycles. The molecule has 3 aromatic rings. The predicted octanol–water partition coefficient (Wildman–Crippen LogP) is 2.84. The lowest BCUT2D eigenvalue weighted by Gasteiger charge is -2.33. The molecule has 1 aliphatic rings. The summed E-state index contributed by atoms with van der Waals surface area (Å²) >= 11 is 0. The van der Waals surface area contributed by atoms with Crippen molar-refractivity contribution < 1.29 is 19.1 Å². The van der Waals surface area contributed by atoms with Gasteiger partial charge in [0.15, 0.2) is 0 Å². The van der Waals surface area contributed by atoms with E-state index >= 15 is 0 Å². The van der Waals surface area contributed by atoms with E-state index in [9.17, 15) is 9.59 Å². The molecule has 4 rings (SSSR count). The predicted molar refractivity (Wildman–Crippen MR) is 115 cm³/mol. The van der Waals surface area contributed by atoms with Gasteiger partial charge in [-0.2, -0.15) is 4.98 Å². The van der Waals surface area contributed by atoms with E-state index in [2.05, 4.69) is 9.97 Å². The number of fused-ring (bicyclic) bond motifs is 1. The van der Waals surface area contributed by atoms with Crippen molar-refractivity contribution in [3.63, 3.8) is 0 Å². The van der Waals surface area contributed by atoms with Crippen molar-refractivity contribution in [3.8, 4) is 5.88 Å². The van der Waals surface area contributed by atoms with Gasteiger partial charge in [0.2, 0.25) is 11.8 Å². The van der Waals surface area contributed by atoms with Crippen LogP contribution in [0.4, 0.5) is 10.5 Å². The highest BCUT2D eigenvalue weighted by atomic mass is 16.6. The Morgan fingerprint density at radius 2 is 1.94 bits per heavy atom. The van der Waals surface area contributed by atoms with E-state index in [-0.39, 0.29) is 19.1 Å². The van der Waals surface area contributed by atoms with Gasteiger partial charge in [0.05, 0.1) is 12.3 Å². The molecule has 0 bridgehead atoms. The average Bonchev–Trinajstić information content (AvgIpc) is 3.16. The molecule has 0 radical (unpaired) electrons. The van der Waals surface area contributed by atoms with Gasteiger partial charge >= 0.3 is 6.09 Å². The number of ether oxygens (including phenoxy) is 2. The summed E-state index contributed by atoms with van der Waals surface area (Å²) in [5.41, 5.74) is 2.55. The molecule has 0 N–H and O–H groups in total. The lowest BCUT2D eigenvalue weighted by Crippen LogP contribution is -2.52. The fourth-order valence-corrected chi connectivity index (χ4v) is 3.60. The molecule has 0 atom stereocenters. The Balaban J connectivity index is 1.55. The summed E-state index contributed by atoms with van der Waals surface area (Å²) in [4.78, 5) is 36.6. The monoisotopic (exact) mass is 423 g/mol. The quantitative estimate of drug-likeness (QED) is 0.606. The molecule has 1 saturated heterocycles. The Labute approximate surface area is 180 Å². The van der Waals surface area contributed by atoms with Crippen LogP contribution in [0.2, 0.25) is 0 Å². The van der Waals surface area contributed by atoms with Gasteiger partial charge in [-0.05, 0) is 37.6 Å². The molecule has 9 nitrogen and oxygen atoms in total. The van der Waals surface area contributed by atoms with Crippen LogP contribution < -0.4 is 9.64 Å². The van der Waals surface area contributed by atoms with E-state index in [0.717, 1.165) is 22.3 Å². The maximum absolute atomic E-state index is 12.8. The minimum Gasteiger partial charge on any atom is -0.473 e. The molecule has 0 aromatic carbocycles. The van der Waals surface area contributed by atoms with Crippen LogP contribution in [0.3, 0.4) is 0 Å². The third-order valence-electron chi connectivity index (χ3n) is 5.19. The maximum Gasteiger partial charge on any atom is 0.410 e. The second-order valence-electron chi connectivity index (χ2n) is 7.13. The first kappa shape index (κ1) is 20.6. The fraction of sp³-hybridized carbons (Fsp3) is 0.364. The van der Waals surface area contributed by atoms with Crippen LogP contribution in [0.15, 0.2) is 42.9 Å². The Morgan fingerprint density at radius 1 is 1.13 bits per heavy atom. The van der Waals surface area contributed by atoms with Crippen molar-refractivity contribution in [2.45, 2.75) is 27.0 Å². The smallest absolute Gasteiger partial charge is 0.410 e. The molecular formula is C22H25N5O4. The van der Waals surface area contributed by atoms with Crippen LogP contribution in [-0.2, 0) is 22.7 Å². The molecule has 1 aliphatic heterocycles. The zero-order valence-corrected chi connectivity index (χ0v) is 17.7. The third-order valence-corrected chi connectivity index (χ3v) is 5.19. The SMILES string of the molecule is CCOC(=O)N1CCN(c2cn(CC)c3nc(OCc4ccncc4)ccc23)C(=O)C1. The Hall–Kier alpha value is -3.62. The van der Waals surface area contributed by atoms with E-state index in [0.29, 0.717) is 32.1 Å². The molecule has 0 unspecified atom stereocenters. The highest BCUT2D eigenvalue weighted by molar-refractivity contribution is 6.04. The zero-order chi connectivity index (χ0) is 21.8. The maximum atomic E-state index is 12.8. The highest BCUT2D eigenvalue weighted by Crippen LogP contribution is 2.31. The van der Waals surface area contributed by atoms with Crippen molar-refractivity contribution in [1.82, 2.24) is 19.4 Å². The van der Waals surface area contributed by atoms with E-state index in [1.165, 1.54) is 4.90 Å². The van der Waals surface area contributed by atoms with Crippen LogP contribution in [0.1, 0.15) is 19.4 Å². The van der Waals surface area contributed by atoms with Crippen molar-refractivity contribution in [2.75, 3.05) is 31.1 Å². The van der Waals surface area contributed by atoms with Crippen molar-refractivity contribution >= 4 is 28.7 Å². The summed E-state index contributed by atoms with van der Waals surface area (Å²) in [6.07, 6.45) is 4.93. The first-order valence-corrected chi connectivity index (χ1v) is 10.3. The topological polar surface area (TPSA) is 89.8 Å². The highest BCUT2D eigenvalue weighted by Gasteiger charge is 2.30. The standard InChI is InChI=1S/C22H25N5O4/c1-3-25-13-18(27-12-11-26(14-20(27)28)22(29)30-4-2)17-5-6-19(24-21(17)25)31-15-16-7-9-23-10-8-16/h5-10,13H,3-4,11-12,14-15H2,1-2H3. The van der Waals surface area contributed by atoms with Crippen LogP contribution in [0.5, 0.6) is 5.88 Å². The number of hydrogen-bond donors (Lipinski definition) is 0. The van der Waals surface area contributed by atoms with E-state index in [1.54, 1.807) is 24.2 Å². The van der Waals surface area contributed by atoms with E-state index in [1.807, 2.05) is 42.0 Å². The second kappa shape index (κ2) is 9.03. The van der Waals surface area contributed by atoms with Gasteiger partial charge in [-0.15, -0.1) is 0 Å². The Bertz CT molecular complexity index is 1080. The van der Waals surface area contributed by atoms with E-state index in [4.69, 9.17) is 9.47 Å². The van der Waals surface area contributed by atoms with Crippen LogP contribution >= 0.6 is 0 Å². The van der Waals surface area contributed by atoms with Crippen LogP contribution in [0.25, 0.3) is 11.0 Å². The summed E-state index contributed by atoms with van der Waals surface area (Å²) in [5.74, 6) is 0.370. The van der Waals surface area contributed by atoms with Gasteiger partial charge in [0.1, 0.15) is 18.8 Å². The number of rotatable bonds is 6. The number of amides is 2. The molecule has 162 valence electrons. The number of aromatic nitrogens is 3. The summed E-state index contributed by atoms with van der Waals surface area (Å²) in [7, 11) is 0. The van der Waals surface area contributed by atoms with Crippen LogP contribution in [-0.4, -0.2) is 57.7 Å². The van der Waals surface area contributed by atoms with E-state index < -0.39 is 6.09 Å². The molecule has 0 spiro atoms. The molecule has 0 saturated carbocycles. The van der Waals surface area contributed by atoms with Crippen molar-refractivity contribution in [2.24, 2.45) is 0 Å². The molecule has 0 aliphatic carbocycles. The average molecular weight is 423 g/mol. The second-order valence-corrected chi connectivity index (χ2v) is 7.13. The minimum absolute atomic E-state index is 0.00180. The minimum atomic E-state index is -0.454. The largest absolute Gasteiger partial charge is 0.473 e. The summed E-state index contributed by atoms with van der Waals surface area (Å²) in [6.45, 7) is 5.98. The molecule has 2 amide bonds. The molecule has 9 heteroatoms. The normalized spacial score (nSPS) is 14.2. The number of anilines is 1. The summed E-state index contributed by atoms with van der Waals surface area (Å²) < 4.78 is 12.9. The number of nitrogens with zero attached hydrogens (tertiary/aromatic N) is 5. The van der Waals surface area contributed by atoms with Crippen molar-refractivity contribution in [3.05, 3.63) is 48.4 Å². The Kier molecular flexibility index (Phi) is 6.01. The molecule has 1 fully saturated rings. The number of piperazine rings is 1. The number of carbonyl (C=O) groups is 2. The number of hydrogen-bond acceptors (Lipinski definition) is 6. The Morgan fingerprint density at radius 3 is 2.65 bits per heavy atom. The zero-order valence-electron chi connectivity index (χ0n) is 17.7. The first-order valence-electron chi connectivity index (χ1n) is 10.3. The third kappa shape index (κ3) is 4.30.